The Morgan fingerprint density at radius 2 is 1.86 bits per heavy atom. The number of rotatable bonds is 5. The number of carbonyl (C=O) groups is 2. The van der Waals surface area contributed by atoms with E-state index in [9.17, 15) is 14.7 Å². The molecule has 1 amide bonds. The van der Waals surface area contributed by atoms with Gasteiger partial charge in [0.15, 0.2) is 0 Å². The van der Waals surface area contributed by atoms with Crippen molar-refractivity contribution in [1.29, 1.82) is 0 Å². The molecule has 2 aromatic rings. The summed E-state index contributed by atoms with van der Waals surface area (Å²) in [5.74, 6) is -2.34. The Labute approximate surface area is 128 Å². The van der Waals surface area contributed by atoms with E-state index in [2.05, 4.69) is 5.32 Å². The highest BCUT2D eigenvalue weighted by molar-refractivity contribution is 6.02. The molecule has 1 atom stereocenters. The number of hydrogen-bond donors (Lipinski definition) is 2. The molecule has 0 aliphatic heterocycles. The van der Waals surface area contributed by atoms with Gasteiger partial charge in [0, 0.05) is 0 Å². The molecule has 0 radical (unpaired) electrons. The zero-order valence-electron chi connectivity index (χ0n) is 12.1. The van der Waals surface area contributed by atoms with E-state index in [0.29, 0.717) is 6.42 Å². The van der Waals surface area contributed by atoms with Gasteiger partial charge < -0.3 is 15.5 Å². The molecule has 0 bridgehead atoms. The van der Waals surface area contributed by atoms with E-state index in [1.54, 1.807) is 0 Å². The van der Waals surface area contributed by atoms with Crippen LogP contribution < -0.4 is 10.4 Å². The highest BCUT2D eigenvalue weighted by Crippen LogP contribution is 2.24. The van der Waals surface area contributed by atoms with Gasteiger partial charge in [-0.25, -0.2) is 4.79 Å². The standard InChI is InChI=1S/C17H17NO4/c1-2-13(11-6-4-3-5-7-11)16(20)18-15-9-8-12(19)10-14(15)17(21)22/h3-10,13,19H,2H2,1H3,(H,18,20)(H,21,22)/p-1/t13-/m1/s1. The number of aromatic carboxylic acids is 1. The first-order chi connectivity index (χ1) is 10.5. The molecule has 0 spiro atoms. The molecule has 0 unspecified atom stereocenters. The van der Waals surface area contributed by atoms with Crippen LogP contribution in [0, 0.1) is 0 Å². The highest BCUT2D eigenvalue weighted by atomic mass is 16.4. The number of carboxylic acid groups (broad SMARTS) is 1. The predicted octanol–water partition coefficient (Wildman–Crippen LogP) is 2.59. The smallest absolute Gasteiger partial charge is 0.337 e. The minimum Gasteiger partial charge on any atom is -0.872 e. The first kappa shape index (κ1) is 15.6. The molecule has 0 fully saturated rings. The molecule has 2 rings (SSSR count). The van der Waals surface area contributed by atoms with E-state index in [-0.39, 0.29) is 23.1 Å². The number of amides is 1. The van der Waals surface area contributed by atoms with E-state index < -0.39 is 11.7 Å². The Hall–Kier alpha value is -2.82. The lowest BCUT2D eigenvalue weighted by Crippen LogP contribution is -2.22. The van der Waals surface area contributed by atoms with E-state index >= 15 is 0 Å². The van der Waals surface area contributed by atoms with Crippen LogP contribution in [0.5, 0.6) is 5.75 Å². The third-order valence-electron chi connectivity index (χ3n) is 3.41. The summed E-state index contributed by atoms with van der Waals surface area (Å²) in [6.45, 7) is 1.89. The van der Waals surface area contributed by atoms with Crippen molar-refractivity contribution in [1.82, 2.24) is 0 Å². The summed E-state index contributed by atoms with van der Waals surface area (Å²) < 4.78 is 0. The quantitative estimate of drug-likeness (QED) is 0.887. The second-order valence-electron chi connectivity index (χ2n) is 4.87. The van der Waals surface area contributed by atoms with Gasteiger partial charge in [0.2, 0.25) is 5.91 Å². The van der Waals surface area contributed by atoms with Crippen LogP contribution in [0.25, 0.3) is 0 Å². The Morgan fingerprint density at radius 1 is 1.18 bits per heavy atom. The van der Waals surface area contributed by atoms with Gasteiger partial charge in [0.25, 0.3) is 0 Å². The Bertz CT molecular complexity index is 682. The SMILES string of the molecule is CC[C@@H](C(=O)Nc1ccc([O-])cc1C(=O)O)c1ccccc1. The van der Waals surface area contributed by atoms with Crippen molar-refractivity contribution in [3.05, 3.63) is 59.7 Å². The van der Waals surface area contributed by atoms with Gasteiger partial charge in [-0.1, -0.05) is 49.4 Å². The lowest BCUT2D eigenvalue weighted by atomic mass is 9.95. The first-order valence-corrected chi connectivity index (χ1v) is 6.93. The first-order valence-electron chi connectivity index (χ1n) is 6.93. The van der Waals surface area contributed by atoms with Crippen LogP contribution in [0.3, 0.4) is 0 Å². The minimum atomic E-state index is -1.25. The number of benzene rings is 2. The zero-order chi connectivity index (χ0) is 16.1. The van der Waals surface area contributed by atoms with E-state index in [1.807, 2.05) is 37.3 Å². The summed E-state index contributed by atoms with van der Waals surface area (Å²) in [4.78, 5) is 23.6. The van der Waals surface area contributed by atoms with Gasteiger partial charge >= 0.3 is 5.97 Å². The zero-order valence-corrected chi connectivity index (χ0v) is 12.1. The van der Waals surface area contributed by atoms with Crippen molar-refractivity contribution < 1.29 is 19.8 Å². The molecule has 0 saturated heterocycles. The topological polar surface area (TPSA) is 89.5 Å². The van der Waals surface area contributed by atoms with Crippen LogP contribution in [0.15, 0.2) is 48.5 Å². The van der Waals surface area contributed by atoms with Crippen molar-refractivity contribution in [2.24, 2.45) is 0 Å². The van der Waals surface area contributed by atoms with Crippen LogP contribution in [-0.2, 0) is 4.79 Å². The Kier molecular flexibility index (Phi) is 4.78. The minimum absolute atomic E-state index is 0.131. The highest BCUT2D eigenvalue weighted by Gasteiger charge is 2.20. The predicted molar refractivity (Wildman–Crippen MR) is 81.0 cm³/mol. The number of carbonyl (C=O) groups excluding carboxylic acids is 1. The third-order valence-corrected chi connectivity index (χ3v) is 3.41. The van der Waals surface area contributed by atoms with Crippen LogP contribution >= 0.6 is 0 Å². The molecular weight excluding hydrogens is 282 g/mol. The summed E-state index contributed by atoms with van der Waals surface area (Å²) in [5, 5.41) is 23.0. The Morgan fingerprint density at radius 3 is 2.45 bits per heavy atom. The van der Waals surface area contributed by atoms with Gasteiger partial charge in [-0.15, -0.1) is 5.75 Å². The number of nitrogens with one attached hydrogen (secondary N) is 1. The fraction of sp³-hybridized carbons (Fsp3) is 0.176. The van der Waals surface area contributed by atoms with Gasteiger partial charge in [-0.05, 0) is 18.1 Å². The molecule has 22 heavy (non-hydrogen) atoms. The van der Waals surface area contributed by atoms with Crippen LogP contribution in [0.1, 0.15) is 35.2 Å². The molecule has 5 nitrogen and oxygen atoms in total. The van der Waals surface area contributed by atoms with Crippen molar-refractivity contribution in [3.8, 4) is 5.75 Å². The molecule has 0 aromatic heterocycles. The second kappa shape index (κ2) is 6.76. The van der Waals surface area contributed by atoms with Crippen molar-refractivity contribution >= 4 is 17.6 Å². The molecule has 0 heterocycles. The van der Waals surface area contributed by atoms with Gasteiger partial charge in [0.1, 0.15) is 0 Å². The lowest BCUT2D eigenvalue weighted by molar-refractivity contribution is -0.268. The Balaban J connectivity index is 2.26. The number of anilines is 1. The van der Waals surface area contributed by atoms with Crippen LogP contribution in [0.4, 0.5) is 5.69 Å². The second-order valence-corrected chi connectivity index (χ2v) is 4.87. The molecule has 0 saturated carbocycles. The van der Waals surface area contributed by atoms with Crippen molar-refractivity contribution in [2.75, 3.05) is 5.32 Å². The summed E-state index contributed by atoms with van der Waals surface area (Å²) >= 11 is 0. The van der Waals surface area contributed by atoms with E-state index in [1.165, 1.54) is 12.1 Å². The molecule has 114 valence electrons. The van der Waals surface area contributed by atoms with Crippen LogP contribution in [-0.4, -0.2) is 17.0 Å². The maximum Gasteiger partial charge on any atom is 0.337 e. The maximum absolute atomic E-state index is 12.4. The normalized spacial score (nSPS) is 11.7. The molecule has 0 aliphatic carbocycles. The molecule has 2 N–H and O–H groups in total. The van der Waals surface area contributed by atoms with Crippen molar-refractivity contribution in [3.63, 3.8) is 0 Å². The summed E-state index contributed by atoms with van der Waals surface area (Å²) in [5.41, 5.74) is 0.787. The summed E-state index contributed by atoms with van der Waals surface area (Å²) in [6.07, 6.45) is 0.581. The third kappa shape index (κ3) is 3.44. The van der Waals surface area contributed by atoms with Crippen molar-refractivity contribution in [2.45, 2.75) is 19.3 Å². The summed E-state index contributed by atoms with van der Waals surface area (Å²) in [7, 11) is 0. The van der Waals surface area contributed by atoms with Crippen LogP contribution in [0.2, 0.25) is 0 Å². The lowest BCUT2D eigenvalue weighted by Gasteiger charge is -2.17. The monoisotopic (exact) mass is 298 g/mol. The molecular formula is C17H16NO4-. The summed E-state index contributed by atoms with van der Waals surface area (Å²) in [6, 6.07) is 12.8. The average Bonchev–Trinajstić information content (AvgIpc) is 2.50. The van der Waals surface area contributed by atoms with E-state index in [0.717, 1.165) is 11.6 Å². The largest absolute Gasteiger partial charge is 0.872 e. The van der Waals surface area contributed by atoms with Gasteiger partial charge in [0.05, 0.1) is 17.2 Å². The number of carboxylic acids is 1. The number of hydrogen-bond acceptors (Lipinski definition) is 3. The van der Waals surface area contributed by atoms with E-state index in [4.69, 9.17) is 5.11 Å². The fourth-order valence-electron chi connectivity index (χ4n) is 2.29. The molecule has 5 heteroatoms. The molecule has 0 aliphatic rings. The maximum atomic E-state index is 12.4. The molecule has 2 aromatic carbocycles. The fourth-order valence-corrected chi connectivity index (χ4v) is 2.29. The van der Waals surface area contributed by atoms with Gasteiger partial charge in [-0.2, -0.15) is 0 Å². The average molecular weight is 298 g/mol. The van der Waals surface area contributed by atoms with Gasteiger partial charge in [-0.3, -0.25) is 4.79 Å².